The summed E-state index contributed by atoms with van der Waals surface area (Å²) in [6.45, 7) is 0. The highest BCUT2D eigenvalue weighted by Gasteiger charge is 2.17. The van der Waals surface area contributed by atoms with Gasteiger partial charge in [0.15, 0.2) is 16.9 Å². The molecule has 4 aromatic rings. The van der Waals surface area contributed by atoms with Gasteiger partial charge in [0.05, 0.1) is 31.6 Å². The van der Waals surface area contributed by atoms with Crippen molar-refractivity contribution in [2.75, 3.05) is 26.1 Å². The Balaban J connectivity index is 1.60. The van der Waals surface area contributed by atoms with Crippen LogP contribution in [0.3, 0.4) is 0 Å². The van der Waals surface area contributed by atoms with Gasteiger partial charge in [-0.3, -0.25) is 9.52 Å². The van der Waals surface area contributed by atoms with Gasteiger partial charge in [-0.2, -0.15) is 0 Å². The van der Waals surface area contributed by atoms with Crippen LogP contribution in [-0.2, 0) is 10.0 Å². The van der Waals surface area contributed by atoms with Crippen LogP contribution in [0.1, 0.15) is 0 Å². The van der Waals surface area contributed by atoms with Gasteiger partial charge in [0.1, 0.15) is 17.1 Å². The van der Waals surface area contributed by atoms with Crippen LogP contribution in [0, 0.1) is 0 Å². The summed E-state index contributed by atoms with van der Waals surface area (Å²) in [5.41, 5.74) is 1.19. The zero-order valence-corrected chi connectivity index (χ0v) is 18.9. The van der Waals surface area contributed by atoms with Gasteiger partial charge in [-0.15, -0.1) is 0 Å². The summed E-state index contributed by atoms with van der Waals surface area (Å²) in [7, 11) is 0.570. The minimum Gasteiger partial charge on any atom is -0.497 e. The van der Waals surface area contributed by atoms with Gasteiger partial charge in [-0.25, -0.2) is 8.42 Å². The molecule has 1 N–H and O–H groups in total. The molecule has 0 aliphatic rings. The molecule has 0 amide bonds. The van der Waals surface area contributed by atoms with Crippen LogP contribution in [0.5, 0.6) is 17.2 Å². The number of nitrogens with one attached hydrogen (secondary N) is 1. The average molecular weight is 467 g/mol. The van der Waals surface area contributed by atoms with Crippen molar-refractivity contribution in [3.05, 3.63) is 77.0 Å². The zero-order chi connectivity index (χ0) is 23.6. The van der Waals surface area contributed by atoms with E-state index in [4.69, 9.17) is 18.6 Å². The molecule has 0 unspecified atom stereocenters. The highest BCUT2D eigenvalue weighted by Crippen LogP contribution is 2.31. The molecule has 0 saturated heterocycles. The number of benzene rings is 3. The number of fused-ring (bicyclic) bond motifs is 1. The zero-order valence-electron chi connectivity index (χ0n) is 18.1. The van der Waals surface area contributed by atoms with Crippen molar-refractivity contribution < 1.29 is 27.0 Å². The van der Waals surface area contributed by atoms with Crippen LogP contribution in [-0.4, -0.2) is 29.7 Å². The molecule has 0 aliphatic heterocycles. The molecule has 1 aromatic heterocycles. The summed E-state index contributed by atoms with van der Waals surface area (Å²) < 4.78 is 49.4. The van der Waals surface area contributed by atoms with Gasteiger partial charge in [0.25, 0.3) is 10.0 Å². The number of ether oxygens (including phenoxy) is 3. The molecular formula is C24H21NO7S. The van der Waals surface area contributed by atoms with Crippen molar-refractivity contribution in [2.45, 2.75) is 4.90 Å². The molecule has 0 spiro atoms. The van der Waals surface area contributed by atoms with Crippen molar-refractivity contribution in [2.24, 2.45) is 0 Å². The Morgan fingerprint density at radius 3 is 2.18 bits per heavy atom. The predicted molar refractivity (Wildman–Crippen MR) is 125 cm³/mol. The minimum atomic E-state index is -3.86. The van der Waals surface area contributed by atoms with Crippen LogP contribution in [0.4, 0.5) is 5.69 Å². The summed E-state index contributed by atoms with van der Waals surface area (Å²) in [6, 6.07) is 17.2. The van der Waals surface area contributed by atoms with Crippen molar-refractivity contribution in [1.82, 2.24) is 0 Å². The standard InChI is InChI=1S/C24H21NO7S/c1-29-17-8-10-21-19(12-17)20(26)14-23(32-21)15-4-6-16(7-5-15)25-33(27,28)18-9-11-22(30-2)24(13-18)31-3/h4-14,25H,1-3H3. The van der Waals surface area contributed by atoms with E-state index in [0.717, 1.165) is 0 Å². The molecule has 3 aromatic carbocycles. The molecule has 8 nitrogen and oxygen atoms in total. The maximum Gasteiger partial charge on any atom is 0.262 e. The van der Waals surface area contributed by atoms with Crippen molar-refractivity contribution >= 4 is 26.7 Å². The predicted octanol–water partition coefficient (Wildman–Crippen LogP) is 4.29. The lowest BCUT2D eigenvalue weighted by atomic mass is 10.1. The molecule has 0 radical (unpaired) electrons. The number of methoxy groups -OCH3 is 3. The first-order valence-electron chi connectivity index (χ1n) is 9.82. The fraction of sp³-hybridized carbons (Fsp3) is 0.125. The van der Waals surface area contributed by atoms with Crippen LogP contribution in [0.15, 0.2) is 80.8 Å². The maximum absolute atomic E-state index is 12.8. The lowest BCUT2D eigenvalue weighted by Crippen LogP contribution is -2.13. The fourth-order valence-corrected chi connectivity index (χ4v) is 4.38. The van der Waals surface area contributed by atoms with E-state index in [1.54, 1.807) is 42.5 Å². The molecule has 170 valence electrons. The Kier molecular flexibility index (Phi) is 5.97. The molecular weight excluding hydrogens is 446 g/mol. The van der Waals surface area contributed by atoms with E-state index in [0.29, 0.717) is 45.2 Å². The van der Waals surface area contributed by atoms with E-state index in [-0.39, 0.29) is 10.3 Å². The molecule has 33 heavy (non-hydrogen) atoms. The van der Waals surface area contributed by atoms with Crippen LogP contribution >= 0.6 is 0 Å². The third-order valence-electron chi connectivity index (χ3n) is 5.02. The Labute approximate surface area is 190 Å². The Morgan fingerprint density at radius 2 is 1.52 bits per heavy atom. The minimum absolute atomic E-state index is 0.0279. The molecule has 0 aliphatic carbocycles. The number of anilines is 1. The summed E-state index contributed by atoms with van der Waals surface area (Å²) >= 11 is 0. The maximum atomic E-state index is 12.8. The molecule has 1 heterocycles. The summed E-state index contributed by atoms with van der Waals surface area (Å²) in [4.78, 5) is 12.6. The van der Waals surface area contributed by atoms with E-state index in [9.17, 15) is 13.2 Å². The lowest BCUT2D eigenvalue weighted by Gasteiger charge is -2.12. The van der Waals surface area contributed by atoms with Crippen LogP contribution in [0.2, 0.25) is 0 Å². The highest BCUT2D eigenvalue weighted by molar-refractivity contribution is 7.92. The van der Waals surface area contributed by atoms with Gasteiger partial charge in [0.2, 0.25) is 0 Å². The third kappa shape index (κ3) is 4.49. The molecule has 0 fully saturated rings. The largest absolute Gasteiger partial charge is 0.497 e. The Hall–Kier alpha value is -3.98. The summed E-state index contributed by atoms with van der Waals surface area (Å²) in [5, 5.41) is 0.414. The second kappa shape index (κ2) is 8.87. The molecule has 0 saturated carbocycles. The Bertz CT molecular complexity index is 1480. The van der Waals surface area contributed by atoms with E-state index in [1.807, 2.05) is 0 Å². The normalized spacial score (nSPS) is 11.2. The van der Waals surface area contributed by atoms with E-state index in [1.165, 1.54) is 45.6 Å². The van der Waals surface area contributed by atoms with Crippen LogP contribution in [0.25, 0.3) is 22.3 Å². The van der Waals surface area contributed by atoms with E-state index < -0.39 is 10.0 Å². The number of sulfonamides is 1. The second-order valence-corrected chi connectivity index (χ2v) is 8.72. The topological polar surface area (TPSA) is 104 Å². The summed E-state index contributed by atoms with van der Waals surface area (Å²) in [5.74, 6) is 1.66. The molecule has 0 atom stereocenters. The highest BCUT2D eigenvalue weighted by atomic mass is 32.2. The van der Waals surface area contributed by atoms with Gasteiger partial charge in [-0.05, 0) is 54.6 Å². The third-order valence-corrected chi connectivity index (χ3v) is 6.40. The quantitative estimate of drug-likeness (QED) is 0.432. The smallest absolute Gasteiger partial charge is 0.262 e. The average Bonchev–Trinajstić information content (AvgIpc) is 2.83. The first-order valence-corrected chi connectivity index (χ1v) is 11.3. The fourth-order valence-electron chi connectivity index (χ4n) is 3.30. The van der Waals surface area contributed by atoms with E-state index in [2.05, 4.69) is 4.72 Å². The van der Waals surface area contributed by atoms with Gasteiger partial charge in [0, 0.05) is 23.4 Å². The van der Waals surface area contributed by atoms with Gasteiger partial charge < -0.3 is 18.6 Å². The molecule has 0 bridgehead atoms. The monoisotopic (exact) mass is 467 g/mol. The van der Waals surface area contributed by atoms with Crippen molar-refractivity contribution in [3.8, 4) is 28.6 Å². The number of hydrogen-bond acceptors (Lipinski definition) is 7. The van der Waals surface area contributed by atoms with Crippen molar-refractivity contribution in [3.63, 3.8) is 0 Å². The first kappa shape index (κ1) is 22.2. The second-order valence-electron chi connectivity index (χ2n) is 7.04. The summed E-state index contributed by atoms with van der Waals surface area (Å²) in [6.07, 6.45) is 0. The Morgan fingerprint density at radius 1 is 0.788 bits per heavy atom. The SMILES string of the molecule is COc1ccc2oc(-c3ccc(NS(=O)(=O)c4ccc(OC)c(OC)c4)cc3)cc(=O)c2c1. The lowest BCUT2D eigenvalue weighted by molar-refractivity contribution is 0.354. The van der Waals surface area contributed by atoms with Gasteiger partial charge in [-0.1, -0.05) is 0 Å². The molecule has 9 heteroatoms. The number of hydrogen-bond donors (Lipinski definition) is 1. The first-order chi connectivity index (χ1) is 15.8. The van der Waals surface area contributed by atoms with E-state index >= 15 is 0 Å². The van der Waals surface area contributed by atoms with Crippen molar-refractivity contribution in [1.29, 1.82) is 0 Å². The van der Waals surface area contributed by atoms with Crippen LogP contribution < -0.4 is 24.4 Å². The van der Waals surface area contributed by atoms with Gasteiger partial charge >= 0.3 is 0 Å². The number of rotatable bonds is 7. The molecule has 4 rings (SSSR count).